The normalized spacial score (nSPS) is 17.1. The van der Waals surface area contributed by atoms with E-state index in [4.69, 9.17) is 11.6 Å². The maximum atomic E-state index is 12.2. The van der Waals surface area contributed by atoms with Gasteiger partial charge in [-0.25, -0.2) is 4.39 Å². The Morgan fingerprint density at radius 3 is 1.50 bits per heavy atom. The maximum Gasteiger partial charge on any atom is 0.421 e. The highest BCUT2D eigenvalue weighted by Gasteiger charge is 2.48. The fourth-order valence-electron chi connectivity index (χ4n) is 0.389. The van der Waals surface area contributed by atoms with E-state index in [1.807, 2.05) is 0 Å². The quantitative estimate of drug-likeness (QED) is 0.428. The minimum absolute atomic E-state index is 0.979. The third kappa shape index (κ3) is 2.73. The van der Waals surface area contributed by atoms with Crippen molar-refractivity contribution in [1.29, 1.82) is 0 Å². The highest BCUT2D eigenvalue weighted by molar-refractivity contribution is 6.23. The molecular weight excluding hydrogens is 171 g/mol. The van der Waals surface area contributed by atoms with Crippen LogP contribution < -0.4 is 0 Å². The van der Waals surface area contributed by atoms with E-state index in [1.165, 1.54) is 0 Å². The van der Waals surface area contributed by atoms with Crippen molar-refractivity contribution in [2.24, 2.45) is 0 Å². The van der Waals surface area contributed by atoms with Gasteiger partial charge in [-0.3, -0.25) is 0 Å². The second-order valence-electron chi connectivity index (χ2n) is 2.47. The molecule has 0 aliphatic rings. The van der Waals surface area contributed by atoms with Gasteiger partial charge < -0.3 is 0 Å². The first-order valence-corrected chi connectivity index (χ1v) is 2.93. The molecule has 0 nitrogen and oxygen atoms in total. The monoisotopic (exact) mass is 178 g/mol. The molecule has 0 rings (SSSR count). The van der Waals surface area contributed by atoms with Gasteiger partial charge in [0.25, 0.3) is 0 Å². The van der Waals surface area contributed by atoms with Crippen molar-refractivity contribution < 1.29 is 17.6 Å². The van der Waals surface area contributed by atoms with Gasteiger partial charge in [0.2, 0.25) is 6.17 Å². The summed E-state index contributed by atoms with van der Waals surface area (Å²) in [6, 6.07) is 0. The summed E-state index contributed by atoms with van der Waals surface area (Å²) < 4.78 is 46.6. The van der Waals surface area contributed by atoms with Gasteiger partial charge in [0.1, 0.15) is 0 Å². The Kier molecular flexibility index (Phi) is 2.57. The smallest absolute Gasteiger partial charge is 0.236 e. The van der Waals surface area contributed by atoms with Crippen LogP contribution in [0.1, 0.15) is 13.8 Å². The minimum atomic E-state index is -4.86. The van der Waals surface area contributed by atoms with Crippen LogP contribution in [0.2, 0.25) is 0 Å². The molecule has 0 aromatic carbocycles. The lowest BCUT2D eigenvalue weighted by Crippen LogP contribution is -2.39. The Balaban J connectivity index is 4.23. The van der Waals surface area contributed by atoms with E-state index in [9.17, 15) is 17.6 Å². The van der Waals surface area contributed by atoms with Crippen LogP contribution in [0.5, 0.6) is 0 Å². The topological polar surface area (TPSA) is 0 Å². The summed E-state index contributed by atoms with van der Waals surface area (Å²) in [5, 5.41) is 0. The van der Waals surface area contributed by atoms with Crippen molar-refractivity contribution in [3.05, 3.63) is 0 Å². The number of hydrogen-bond donors (Lipinski definition) is 0. The molecule has 0 aromatic heterocycles. The van der Waals surface area contributed by atoms with E-state index in [0.717, 1.165) is 13.8 Å². The second-order valence-corrected chi connectivity index (χ2v) is 3.44. The molecule has 0 aromatic rings. The van der Waals surface area contributed by atoms with Gasteiger partial charge in [-0.1, -0.05) is 0 Å². The summed E-state index contributed by atoms with van der Waals surface area (Å²) in [4.78, 5) is -1.88. The fourth-order valence-corrected chi connectivity index (χ4v) is 0.513. The number of rotatable bonds is 1. The molecule has 0 aliphatic heterocycles. The van der Waals surface area contributed by atoms with Gasteiger partial charge in [0.05, 0.1) is 4.87 Å². The molecule has 0 fully saturated rings. The van der Waals surface area contributed by atoms with Crippen molar-refractivity contribution >= 4 is 11.6 Å². The summed E-state index contributed by atoms with van der Waals surface area (Å²) >= 11 is 5.07. The van der Waals surface area contributed by atoms with E-state index in [1.54, 1.807) is 0 Å². The predicted molar refractivity (Wildman–Crippen MR) is 30.9 cm³/mol. The number of alkyl halides is 5. The molecule has 0 N–H and O–H groups in total. The maximum absolute atomic E-state index is 12.2. The molecule has 0 bridgehead atoms. The van der Waals surface area contributed by atoms with E-state index in [-0.39, 0.29) is 0 Å². The van der Waals surface area contributed by atoms with Crippen LogP contribution in [0.25, 0.3) is 0 Å². The van der Waals surface area contributed by atoms with Crippen LogP contribution in [0.15, 0.2) is 0 Å². The largest absolute Gasteiger partial charge is 0.421 e. The Morgan fingerprint density at radius 2 is 1.50 bits per heavy atom. The first-order chi connectivity index (χ1) is 4.15. The Morgan fingerprint density at radius 1 is 1.20 bits per heavy atom. The lowest BCUT2D eigenvalue weighted by Gasteiger charge is -2.22. The number of hydrogen-bond acceptors (Lipinski definition) is 0. The van der Waals surface area contributed by atoms with Gasteiger partial charge in [0.15, 0.2) is 0 Å². The molecule has 0 heterocycles. The van der Waals surface area contributed by atoms with Crippen LogP contribution in [0.4, 0.5) is 17.6 Å². The molecule has 10 heavy (non-hydrogen) atoms. The molecule has 0 aliphatic carbocycles. The Bertz CT molecular complexity index is 97.8. The van der Waals surface area contributed by atoms with E-state index in [0.29, 0.717) is 0 Å². The van der Waals surface area contributed by atoms with E-state index >= 15 is 0 Å². The zero-order valence-corrected chi connectivity index (χ0v) is 6.22. The van der Waals surface area contributed by atoms with Crippen LogP contribution in [-0.2, 0) is 0 Å². The van der Waals surface area contributed by atoms with Gasteiger partial charge in [0, 0.05) is 0 Å². The zero-order valence-electron chi connectivity index (χ0n) is 5.47. The molecule has 5 heteroatoms. The molecule has 1 atom stereocenters. The summed E-state index contributed by atoms with van der Waals surface area (Å²) in [5.41, 5.74) is 0. The molecule has 0 spiro atoms. The summed E-state index contributed by atoms with van der Waals surface area (Å²) in [7, 11) is 0. The molecule has 0 saturated heterocycles. The Hall–Kier alpha value is 0.01000. The van der Waals surface area contributed by atoms with Crippen LogP contribution in [0, 0.1) is 0 Å². The summed E-state index contributed by atoms with van der Waals surface area (Å²) in [6.45, 7) is 1.96. The highest BCUT2D eigenvalue weighted by atomic mass is 35.5. The molecule has 1 unspecified atom stereocenters. The van der Waals surface area contributed by atoms with Gasteiger partial charge in [-0.05, 0) is 13.8 Å². The Labute approximate surface area is 61.2 Å². The van der Waals surface area contributed by atoms with Gasteiger partial charge in [-0.2, -0.15) is 13.2 Å². The van der Waals surface area contributed by atoms with Crippen molar-refractivity contribution in [3.8, 4) is 0 Å². The third-order valence-electron chi connectivity index (χ3n) is 0.890. The molecular formula is C5H7ClF4. The van der Waals surface area contributed by atoms with Crippen molar-refractivity contribution in [2.75, 3.05) is 0 Å². The van der Waals surface area contributed by atoms with Crippen LogP contribution >= 0.6 is 11.6 Å². The zero-order chi connectivity index (χ0) is 8.58. The van der Waals surface area contributed by atoms with Crippen molar-refractivity contribution in [3.63, 3.8) is 0 Å². The van der Waals surface area contributed by atoms with Crippen molar-refractivity contribution in [1.82, 2.24) is 0 Å². The first-order valence-electron chi connectivity index (χ1n) is 2.55. The molecule has 62 valence electrons. The predicted octanol–water partition coefficient (Wildman–Crippen LogP) is 2.90. The minimum Gasteiger partial charge on any atom is -0.236 e. The van der Waals surface area contributed by atoms with Gasteiger partial charge in [-0.15, -0.1) is 11.6 Å². The molecule has 0 saturated carbocycles. The lowest BCUT2D eigenvalue weighted by atomic mass is 10.1. The molecule has 0 amide bonds. The lowest BCUT2D eigenvalue weighted by molar-refractivity contribution is -0.187. The van der Waals surface area contributed by atoms with E-state index < -0.39 is 17.2 Å². The third-order valence-corrected chi connectivity index (χ3v) is 1.08. The molecule has 0 radical (unpaired) electrons. The van der Waals surface area contributed by atoms with Crippen molar-refractivity contribution in [2.45, 2.75) is 31.1 Å². The highest BCUT2D eigenvalue weighted by Crippen LogP contribution is 2.34. The standard InChI is InChI=1S/C5H7ClF4/c1-4(2,6)3(7)5(8,9)10/h3H,1-2H3. The van der Waals surface area contributed by atoms with Crippen LogP contribution in [-0.4, -0.2) is 17.2 Å². The SMILES string of the molecule is CC(C)(Cl)C(F)C(F)(F)F. The summed E-state index contributed by atoms with van der Waals surface area (Å²) in [6.07, 6.45) is -7.83. The van der Waals surface area contributed by atoms with Gasteiger partial charge >= 0.3 is 6.18 Å². The average Bonchev–Trinajstić information content (AvgIpc) is 1.59. The first kappa shape index (κ1) is 10.0. The van der Waals surface area contributed by atoms with Crippen LogP contribution in [0.3, 0.4) is 0 Å². The average molecular weight is 179 g/mol. The van der Waals surface area contributed by atoms with E-state index in [2.05, 4.69) is 0 Å². The fraction of sp³-hybridized carbons (Fsp3) is 1.00. The second kappa shape index (κ2) is 2.57. The number of halogens is 5. The summed E-state index contributed by atoms with van der Waals surface area (Å²) in [5.74, 6) is 0.